The monoisotopic (exact) mass is 229 g/mol. The fourth-order valence-corrected chi connectivity index (χ4v) is 1.96. The lowest BCUT2D eigenvalue weighted by Crippen LogP contribution is -2.02. The van der Waals surface area contributed by atoms with E-state index in [1.807, 2.05) is 32.0 Å². The molecule has 0 atom stereocenters. The van der Waals surface area contributed by atoms with Gasteiger partial charge in [0.2, 0.25) is 0 Å². The van der Waals surface area contributed by atoms with Gasteiger partial charge in [-0.1, -0.05) is 12.1 Å². The molecule has 2 rings (SSSR count). The van der Waals surface area contributed by atoms with Crippen molar-refractivity contribution in [3.8, 4) is 17.0 Å². The molecule has 0 amide bonds. The van der Waals surface area contributed by atoms with E-state index in [4.69, 9.17) is 4.74 Å². The number of para-hydroxylation sites is 1. The lowest BCUT2D eigenvalue weighted by atomic mass is 10.1. The average Bonchev–Trinajstić information content (AvgIpc) is 2.27. The molecule has 1 aromatic heterocycles. The quantitative estimate of drug-likeness (QED) is 0.860. The number of aromatic nitrogens is 1. The standard InChI is InChI=1S/C14H15NO2/c1-9-5-4-6-12(14(9)17-3)13-8-11(16)7-10(2)15-13/h4-8H,1-3H3,(H,15,16). The number of rotatable bonds is 2. The molecule has 0 fully saturated rings. The van der Waals surface area contributed by atoms with E-state index in [2.05, 4.69) is 4.98 Å². The van der Waals surface area contributed by atoms with Gasteiger partial charge in [-0.05, 0) is 25.5 Å². The van der Waals surface area contributed by atoms with Crippen molar-refractivity contribution in [2.45, 2.75) is 13.8 Å². The Balaban J connectivity index is 2.68. The highest BCUT2D eigenvalue weighted by atomic mass is 16.5. The van der Waals surface area contributed by atoms with Crippen molar-refractivity contribution in [2.75, 3.05) is 7.11 Å². The van der Waals surface area contributed by atoms with Crippen LogP contribution in [0.4, 0.5) is 0 Å². The number of pyridine rings is 1. The number of aromatic amines is 1. The van der Waals surface area contributed by atoms with Crippen LogP contribution in [0.3, 0.4) is 0 Å². The third-order valence-corrected chi connectivity index (χ3v) is 2.68. The maximum atomic E-state index is 11.5. The van der Waals surface area contributed by atoms with Gasteiger partial charge >= 0.3 is 0 Å². The van der Waals surface area contributed by atoms with Crippen LogP contribution in [0.15, 0.2) is 35.1 Å². The van der Waals surface area contributed by atoms with Crippen LogP contribution in [0.1, 0.15) is 11.3 Å². The Bertz CT molecular complexity index is 599. The molecule has 0 saturated heterocycles. The molecular formula is C14H15NO2. The highest BCUT2D eigenvalue weighted by Crippen LogP contribution is 2.30. The molecule has 0 aliphatic rings. The van der Waals surface area contributed by atoms with E-state index < -0.39 is 0 Å². The summed E-state index contributed by atoms with van der Waals surface area (Å²) in [5, 5.41) is 0. The Kier molecular flexibility index (Phi) is 3.00. The van der Waals surface area contributed by atoms with E-state index in [9.17, 15) is 4.79 Å². The summed E-state index contributed by atoms with van der Waals surface area (Å²) in [6, 6.07) is 9.04. The van der Waals surface area contributed by atoms with Crippen LogP contribution in [0.2, 0.25) is 0 Å². The summed E-state index contributed by atoms with van der Waals surface area (Å²) in [6.07, 6.45) is 0. The van der Waals surface area contributed by atoms with Crippen LogP contribution < -0.4 is 10.2 Å². The van der Waals surface area contributed by atoms with E-state index >= 15 is 0 Å². The molecular weight excluding hydrogens is 214 g/mol. The third kappa shape index (κ3) is 2.23. The first-order chi connectivity index (χ1) is 8.11. The molecule has 88 valence electrons. The fourth-order valence-electron chi connectivity index (χ4n) is 1.96. The van der Waals surface area contributed by atoms with Gasteiger partial charge in [0.25, 0.3) is 0 Å². The van der Waals surface area contributed by atoms with Gasteiger partial charge in [-0.25, -0.2) is 0 Å². The van der Waals surface area contributed by atoms with E-state index in [1.54, 1.807) is 19.2 Å². The zero-order valence-corrected chi connectivity index (χ0v) is 10.2. The van der Waals surface area contributed by atoms with Crippen molar-refractivity contribution in [2.24, 2.45) is 0 Å². The van der Waals surface area contributed by atoms with Gasteiger partial charge in [-0.3, -0.25) is 4.79 Å². The average molecular weight is 229 g/mol. The normalized spacial score (nSPS) is 10.3. The largest absolute Gasteiger partial charge is 0.496 e. The highest BCUT2D eigenvalue weighted by Gasteiger charge is 2.09. The predicted molar refractivity (Wildman–Crippen MR) is 68.5 cm³/mol. The maximum Gasteiger partial charge on any atom is 0.182 e. The number of nitrogens with one attached hydrogen (secondary N) is 1. The van der Waals surface area contributed by atoms with Crippen molar-refractivity contribution >= 4 is 0 Å². The summed E-state index contributed by atoms with van der Waals surface area (Å²) in [7, 11) is 1.64. The van der Waals surface area contributed by atoms with E-state index in [0.717, 1.165) is 28.3 Å². The molecule has 17 heavy (non-hydrogen) atoms. The van der Waals surface area contributed by atoms with Crippen LogP contribution in [0.5, 0.6) is 5.75 Å². The minimum absolute atomic E-state index is 0.000177. The molecule has 1 aromatic carbocycles. The fraction of sp³-hybridized carbons (Fsp3) is 0.214. The number of benzene rings is 1. The summed E-state index contributed by atoms with van der Waals surface area (Å²) in [4.78, 5) is 14.7. The summed E-state index contributed by atoms with van der Waals surface area (Å²) >= 11 is 0. The number of hydrogen-bond donors (Lipinski definition) is 1. The number of ether oxygens (including phenoxy) is 1. The second kappa shape index (κ2) is 4.45. The lowest BCUT2D eigenvalue weighted by Gasteiger charge is -2.11. The second-order valence-electron chi connectivity index (χ2n) is 4.07. The molecule has 3 heteroatoms. The number of hydrogen-bond acceptors (Lipinski definition) is 2. The van der Waals surface area contributed by atoms with Crippen molar-refractivity contribution < 1.29 is 4.74 Å². The molecule has 0 aliphatic heterocycles. The van der Waals surface area contributed by atoms with Gasteiger partial charge in [-0.2, -0.15) is 0 Å². The van der Waals surface area contributed by atoms with Crippen molar-refractivity contribution in [3.63, 3.8) is 0 Å². The smallest absolute Gasteiger partial charge is 0.182 e. The van der Waals surface area contributed by atoms with Crippen molar-refractivity contribution in [1.29, 1.82) is 0 Å². The van der Waals surface area contributed by atoms with Gasteiger partial charge in [0.05, 0.1) is 12.8 Å². The first kappa shape index (κ1) is 11.5. The number of methoxy groups -OCH3 is 1. The molecule has 0 saturated carbocycles. The van der Waals surface area contributed by atoms with Crippen LogP contribution in [-0.2, 0) is 0 Å². The van der Waals surface area contributed by atoms with Gasteiger partial charge in [0, 0.05) is 23.4 Å². The van der Waals surface area contributed by atoms with Gasteiger partial charge in [0.1, 0.15) is 5.75 Å². The van der Waals surface area contributed by atoms with E-state index in [0.29, 0.717) is 0 Å². The molecule has 1 N–H and O–H groups in total. The zero-order chi connectivity index (χ0) is 12.4. The Labute approximate surface area is 100 Å². The number of H-pyrrole nitrogens is 1. The number of aryl methyl sites for hydroxylation is 2. The van der Waals surface area contributed by atoms with Gasteiger partial charge in [-0.15, -0.1) is 0 Å². The third-order valence-electron chi connectivity index (χ3n) is 2.68. The van der Waals surface area contributed by atoms with Gasteiger partial charge < -0.3 is 9.72 Å². The van der Waals surface area contributed by atoms with E-state index in [-0.39, 0.29) is 5.43 Å². The first-order valence-corrected chi connectivity index (χ1v) is 5.47. The Morgan fingerprint density at radius 1 is 1.18 bits per heavy atom. The maximum absolute atomic E-state index is 11.5. The molecule has 3 nitrogen and oxygen atoms in total. The molecule has 1 heterocycles. The zero-order valence-electron chi connectivity index (χ0n) is 10.2. The Morgan fingerprint density at radius 3 is 2.59 bits per heavy atom. The highest BCUT2D eigenvalue weighted by molar-refractivity contribution is 5.69. The minimum Gasteiger partial charge on any atom is -0.496 e. The summed E-state index contributed by atoms with van der Waals surface area (Å²) < 4.78 is 5.39. The molecule has 2 aromatic rings. The topological polar surface area (TPSA) is 42.1 Å². The molecule has 0 radical (unpaired) electrons. The summed E-state index contributed by atoms with van der Waals surface area (Å²) in [5.74, 6) is 0.800. The van der Waals surface area contributed by atoms with Crippen molar-refractivity contribution in [1.82, 2.24) is 4.98 Å². The lowest BCUT2D eigenvalue weighted by molar-refractivity contribution is 0.413. The van der Waals surface area contributed by atoms with E-state index in [1.165, 1.54) is 0 Å². The van der Waals surface area contributed by atoms with Crippen LogP contribution in [0.25, 0.3) is 11.3 Å². The van der Waals surface area contributed by atoms with Crippen LogP contribution in [-0.4, -0.2) is 12.1 Å². The van der Waals surface area contributed by atoms with Crippen LogP contribution in [0, 0.1) is 13.8 Å². The summed E-state index contributed by atoms with van der Waals surface area (Å²) in [6.45, 7) is 3.85. The van der Waals surface area contributed by atoms with Gasteiger partial charge in [0.15, 0.2) is 5.43 Å². The molecule has 0 aliphatic carbocycles. The van der Waals surface area contributed by atoms with Crippen molar-refractivity contribution in [3.05, 3.63) is 51.8 Å². The van der Waals surface area contributed by atoms with Crippen LogP contribution >= 0.6 is 0 Å². The molecule has 0 unspecified atom stereocenters. The minimum atomic E-state index is -0.000177. The molecule has 0 spiro atoms. The summed E-state index contributed by atoms with van der Waals surface area (Å²) in [5.41, 5.74) is 3.59. The SMILES string of the molecule is COc1c(C)cccc1-c1cc(=O)cc(C)[nH]1. The Hall–Kier alpha value is -2.03. The predicted octanol–water partition coefficient (Wildman–Crippen LogP) is 2.67. The first-order valence-electron chi connectivity index (χ1n) is 5.47. The molecule has 0 bridgehead atoms. The Morgan fingerprint density at radius 2 is 1.94 bits per heavy atom. The second-order valence-corrected chi connectivity index (χ2v) is 4.07.